The van der Waals surface area contributed by atoms with Crippen molar-refractivity contribution in [1.82, 2.24) is 24.6 Å². The van der Waals surface area contributed by atoms with Gasteiger partial charge in [0, 0.05) is 5.69 Å². The molecule has 0 bridgehead atoms. The molecule has 3 heterocycles. The summed E-state index contributed by atoms with van der Waals surface area (Å²) >= 11 is 2.77. The molecule has 1 fully saturated rings. The second-order valence-electron chi connectivity index (χ2n) is 8.37. The zero-order valence-electron chi connectivity index (χ0n) is 18.8. The number of fused-ring (bicyclic) bond motifs is 1. The van der Waals surface area contributed by atoms with E-state index in [9.17, 15) is 9.18 Å². The Labute approximate surface area is 205 Å². The van der Waals surface area contributed by atoms with E-state index in [1.54, 1.807) is 12.1 Å². The van der Waals surface area contributed by atoms with E-state index in [4.69, 9.17) is 0 Å². The number of halogens is 1. The van der Waals surface area contributed by atoms with Gasteiger partial charge in [-0.05, 0) is 74.8 Å². The molecule has 0 radical (unpaired) electrons. The molecule has 0 saturated carbocycles. The SMILES string of the molecule is Cc1ccc2nc(NC(=O)CSc3nnc(CN4CCCCC4)n3-c3ccc(F)cc3)sc2c1. The van der Waals surface area contributed by atoms with E-state index in [-0.39, 0.29) is 17.5 Å². The molecule has 34 heavy (non-hydrogen) atoms. The Bertz CT molecular complexity index is 1300. The van der Waals surface area contributed by atoms with E-state index in [1.807, 2.05) is 23.6 Å². The highest BCUT2D eigenvalue weighted by Crippen LogP contribution is 2.28. The summed E-state index contributed by atoms with van der Waals surface area (Å²) in [5, 5.41) is 12.9. The molecule has 10 heteroatoms. The summed E-state index contributed by atoms with van der Waals surface area (Å²) in [5.41, 5.74) is 2.81. The number of benzene rings is 2. The van der Waals surface area contributed by atoms with Gasteiger partial charge >= 0.3 is 0 Å². The minimum Gasteiger partial charge on any atom is -0.301 e. The van der Waals surface area contributed by atoms with Crippen molar-refractivity contribution in [2.24, 2.45) is 0 Å². The first-order chi connectivity index (χ1) is 16.5. The molecule has 7 nitrogen and oxygen atoms in total. The number of carbonyl (C=O) groups excluding carboxylic acids is 1. The van der Waals surface area contributed by atoms with Crippen molar-refractivity contribution in [2.75, 3.05) is 24.2 Å². The number of piperidine rings is 1. The maximum absolute atomic E-state index is 13.6. The second-order valence-corrected chi connectivity index (χ2v) is 10.3. The van der Waals surface area contributed by atoms with Crippen LogP contribution in [0.4, 0.5) is 9.52 Å². The van der Waals surface area contributed by atoms with Gasteiger partial charge in [-0.15, -0.1) is 10.2 Å². The Morgan fingerprint density at radius 2 is 1.91 bits per heavy atom. The highest BCUT2D eigenvalue weighted by Gasteiger charge is 2.20. The summed E-state index contributed by atoms with van der Waals surface area (Å²) in [4.78, 5) is 19.5. The molecule has 4 aromatic rings. The van der Waals surface area contributed by atoms with Crippen molar-refractivity contribution in [2.45, 2.75) is 37.9 Å². The average Bonchev–Trinajstić information content (AvgIpc) is 3.42. The molecular weight excluding hydrogens is 471 g/mol. The molecule has 2 aromatic heterocycles. The summed E-state index contributed by atoms with van der Waals surface area (Å²) < 4.78 is 16.5. The van der Waals surface area contributed by atoms with Crippen LogP contribution in [0.2, 0.25) is 0 Å². The van der Waals surface area contributed by atoms with Crippen LogP contribution in [0, 0.1) is 12.7 Å². The van der Waals surface area contributed by atoms with E-state index < -0.39 is 0 Å². The number of carbonyl (C=O) groups is 1. The lowest BCUT2D eigenvalue weighted by molar-refractivity contribution is -0.113. The monoisotopic (exact) mass is 496 g/mol. The molecule has 2 aromatic carbocycles. The fraction of sp³-hybridized carbons (Fsp3) is 0.333. The average molecular weight is 497 g/mol. The molecule has 1 aliphatic heterocycles. The zero-order chi connectivity index (χ0) is 23.5. The predicted octanol–water partition coefficient (Wildman–Crippen LogP) is 5.04. The number of rotatable bonds is 7. The number of aromatic nitrogens is 4. The van der Waals surface area contributed by atoms with E-state index in [0.717, 1.165) is 40.4 Å². The van der Waals surface area contributed by atoms with Crippen LogP contribution in [-0.2, 0) is 11.3 Å². The number of hydrogen-bond donors (Lipinski definition) is 1. The standard InChI is InChI=1S/C24H25FN6OS2/c1-16-5-10-19-20(13-16)34-23(26-19)27-22(32)15-33-24-29-28-21(14-30-11-3-2-4-12-30)31(24)18-8-6-17(25)7-9-18/h5-10,13H,2-4,11-12,14-15H2,1H3,(H,26,27,32). The van der Waals surface area contributed by atoms with Crippen LogP contribution in [0.1, 0.15) is 30.7 Å². The maximum Gasteiger partial charge on any atom is 0.236 e. The van der Waals surface area contributed by atoms with Crippen LogP contribution in [0.15, 0.2) is 47.6 Å². The summed E-state index contributed by atoms with van der Waals surface area (Å²) in [5.74, 6) is 0.497. The molecule has 0 atom stereocenters. The molecular formula is C24H25FN6OS2. The number of hydrogen-bond acceptors (Lipinski definition) is 7. The van der Waals surface area contributed by atoms with Crippen LogP contribution in [-0.4, -0.2) is 49.4 Å². The quantitative estimate of drug-likeness (QED) is 0.361. The Morgan fingerprint density at radius 3 is 2.71 bits per heavy atom. The fourth-order valence-electron chi connectivity index (χ4n) is 4.03. The van der Waals surface area contributed by atoms with Crippen molar-refractivity contribution in [3.63, 3.8) is 0 Å². The molecule has 0 aliphatic carbocycles. The summed E-state index contributed by atoms with van der Waals surface area (Å²) in [6.45, 7) is 4.76. The number of nitrogens with one attached hydrogen (secondary N) is 1. The van der Waals surface area contributed by atoms with Gasteiger partial charge in [-0.25, -0.2) is 9.37 Å². The normalized spacial score (nSPS) is 14.5. The molecule has 0 unspecified atom stereocenters. The van der Waals surface area contributed by atoms with Crippen LogP contribution in [0.3, 0.4) is 0 Å². The Balaban J connectivity index is 1.31. The van der Waals surface area contributed by atoms with Gasteiger partial charge in [0.1, 0.15) is 5.82 Å². The second kappa shape index (κ2) is 10.2. The molecule has 176 valence electrons. The number of aryl methyl sites for hydroxylation is 1. The third-order valence-corrected chi connectivity index (χ3v) is 7.58. The third-order valence-electron chi connectivity index (χ3n) is 5.72. The van der Waals surface area contributed by atoms with E-state index in [2.05, 4.69) is 31.5 Å². The van der Waals surface area contributed by atoms with Gasteiger partial charge in [0.2, 0.25) is 5.91 Å². The van der Waals surface area contributed by atoms with Crippen LogP contribution in [0.25, 0.3) is 15.9 Å². The van der Waals surface area contributed by atoms with Gasteiger partial charge < -0.3 is 5.32 Å². The van der Waals surface area contributed by atoms with Gasteiger partial charge in [-0.1, -0.05) is 35.6 Å². The smallest absolute Gasteiger partial charge is 0.236 e. The first kappa shape index (κ1) is 22.9. The Kier molecular flexibility index (Phi) is 6.89. The molecule has 0 spiro atoms. The summed E-state index contributed by atoms with van der Waals surface area (Å²) in [7, 11) is 0. The van der Waals surface area contributed by atoms with Crippen molar-refractivity contribution in [3.05, 3.63) is 59.7 Å². The van der Waals surface area contributed by atoms with Gasteiger partial charge in [-0.2, -0.15) is 0 Å². The molecule has 1 N–H and O–H groups in total. The van der Waals surface area contributed by atoms with Crippen LogP contribution < -0.4 is 5.32 Å². The Hall–Kier alpha value is -2.82. The highest BCUT2D eigenvalue weighted by atomic mass is 32.2. The zero-order valence-corrected chi connectivity index (χ0v) is 20.5. The maximum atomic E-state index is 13.6. The topological polar surface area (TPSA) is 75.9 Å². The lowest BCUT2D eigenvalue weighted by Gasteiger charge is -2.26. The number of nitrogens with zero attached hydrogens (tertiary/aromatic N) is 5. The van der Waals surface area contributed by atoms with Crippen molar-refractivity contribution >= 4 is 44.4 Å². The number of thioether (sulfide) groups is 1. The summed E-state index contributed by atoms with van der Waals surface area (Å²) in [6.07, 6.45) is 3.61. The molecule has 5 rings (SSSR count). The number of likely N-dealkylation sites (tertiary alicyclic amines) is 1. The van der Waals surface area contributed by atoms with Crippen molar-refractivity contribution in [1.29, 1.82) is 0 Å². The predicted molar refractivity (Wildman–Crippen MR) is 134 cm³/mol. The van der Waals surface area contributed by atoms with Gasteiger partial charge in [0.15, 0.2) is 16.1 Å². The number of anilines is 1. The molecule has 1 amide bonds. The van der Waals surface area contributed by atoms with Gasteiger partial charge in [0.05, 0.1) is 22.5 Å². The first-order valence-electron chi connectivity index (χ1n) is 11.3. The largest absolute Gasteiger partial charge is 0.301 e. The fourth-order valence-corrected chi connectivity index (χ4v) is 5.79. The van der Waals surface area contributed by atoms with E-state index in [0.29, 0.717) is 16.8 Å². The van der Waals surface area contributed by atoms with Crippen molar-refractivity contribution < 1.29 is 9.18 Å². The number of thiazole rings is 1. The first-order valence-corrected chi connectivity index (χ1v) is 13.1. The van der Waals surface area contributed by atoms with Crippen molar-refractivity contribution in [3.8, 4) is 5.69 Å². The van der Waals surface area contributed by atoms with Gasteiger partial charge in [-0.3, -0.25) is 14.3 Å². The molecule has 1 aliphatic rings. The number of amides is 1. The lowest BCUT2D eigenvalue weighted by Crippen LogP contribution is -2.30. The lowest BCUT2D eigenvalue weighted by atomic mass is 10.1. The van der Waals surface area contributed by atoms with Gasteiger partial charge in [0.25, 0.3) is 0 Å². The van der Waals surface area contributed by atoms with Crippen LogP contribution >= 0.6 is 23.1 Å². The summed E-state index contributed by atoms with van der Waals surface area (Å²) in [6, 6.07) is 12.3. The van der Waals surface area contributed by atoms with Crippen LogP contribution in [0.5, 0.6) is 0 Å². The molecule has 1 saturated heterocycles. The van der Waals surface area contributed by atoms with E-state index >= 15 is 0 Å². The Morgan fingerprint density at radius 1 is 1.12 bits per heavy atom. The minimum absolute atomic E-state index is 0.160. The highest BCUT2D eigenvalue weighted by molar-refractivity contribution is 7.99. The third kappa shape index (κ3) is 5.29. The minimum atomic E-state index is -0.297. The van der Waals surface area contributed by atoms with E-state index in [1.165, 1.54) is 54.5 Å².